The van der Waals surface area contributed by atoms with Gasteiger partial charge in [0.1, 0.15) is 18.1 Å². The SMILES string of the molecule is Cc1cc(CN2CCN(C(=O)c3cccc(OCc4c(C)noc4C)c3)CC2)on1. The maximum atomic E-state index is 13.0. The lowest BCUT2D eigenvalue weighted by atomic mass is 10.1. The van der Waals surface area contributed by atoms with Crippen LogP contribution in [0.3, 0.4) is 0 Å². The summed E-state index contributed by atoms with van der Waals surface area (Å²) in [5, 5.41) is 7.87. The number of ether oxygens (including phenoxy) is 1. The maximum absolute atomic E-state index is 13.0. The number of rotatable bonds is 6. The van der Waals surface area contributed by atoms with E-state index < -0.39 is 0 Å². The summed E-state index contributed by atoms with van der Waals surface area (Å²) in [5.74, 6) is 2.28. The summed E-state index contributed by atoms with van der Waals surface area (Å²) in [6, 6.07) is 9.27. The molecule has 158 valence electrons. The second kappa shape index (κ2) is 8.71. The first kappa shape index (κ1) is 20.2. The van der Waals surface area contributed by atoms with Gasteiger partial charge in [0.2, 0.25) is 0 Å². The van der Waals surface area contributed by atoms with Crippen LogP contribution in [0.2, 0.25) is 0 Å². The third-order valence-corrected chi connectivity index (χ3v) is 5.36. The summed E-state index contributed by atoms with van der Waals surface area (Å²) in [6.45, 7) is 9.69. The van der Waals surface area contributed by atoms with Gasteiger partial charge in [0.05, 0.1) is 23.5 Å². The minimum Gasteiger partial charge on any atom is -0.489 e. The van der Waals surface area contributed by atoms with Crippen molar-refractivity contribution >= 4 is 5.91 Å². The van der Waals surface area contributed by atoms with E-state index in [1.165, 1.54) is 0 Å². The number of aryl methyl sites for hydroxylation is 3. The zero-order chi connectivity index (χ0) is 21.1. The Kier molecular flexibility index (Phi) is 5.85. The fourth-order valence-corrected chi connectivity index (χ4v) is 3.59. The van der Waals surface area contributed by atoms with Gasteiger partial charge in [-0.05, 0) is 39.0 Å². The summed E-state index contributed by atoms with van der Waals surface area (Å²) < 4.78 is 16.3. The standard InChI is InChI=1S/C22H26N4O4/c1-15-11-20(30-23-15)13-25-7-9-26(10-8-25)22(27)18-5-4-6-19(12-18)28-14-21-16(2)24-29-17(21)3/h4-6,11-12H,7-10,13-14H2,1-3H3. The predicted molar refractivity (Wildman–Crippen MR) is 109 cm³/mol. The molecule has 1 saturated heterocycles. The van der Waals surface area contributed by atoms with Crippen LogP contribution in [0.25, 0.3) is 0 Å². The molecule has 0 unspecified atom stereocenters. The zero-order valence-electron chi connectivity index (χ0n) is 17.6. The van der Waals surface area contributed by atoms with Crippen LogP contribution >= 0.6 is 0 Å². The van der Waals surface area contributed by atoms with E-state index in [4.69, 9.17) is 13.8 Å². The molecule has 1 amide bonds. The molecule has 30 heavy (non-hydrogen) atoms. The van der Waals surface area contributed by atoms with Gasteiger partial charge in [0.15, 0.2) is 5.76 Å². The highest BCUT2D eigenvalue weighted by Crippen LogP contribution is 2.20. The van der Waals surface area contributed by atoms with Gasteiger partial charge < -0.3 is 18.7 Å². The molecular weight excluding hydrogens is 384 g/mol. The van der Waals surface area contributed by atoms with Gasteiger partial charge in [-0.25, -0.2) is 0 Å². The zero-order valence-corrected chi connectivity index (χ0v) is 17.6. The van der Waals surface area contributed by atoms with Crippen LogP contribution in [0.4, 0.5) is 0 Å². The van der Waals surface area contributed by atoms with E-state index in [0.29, 0.717) is 37.6 Å². The highest BCUT2D eigenvalue weighted by molar-refractivity contribution is 5.94. The Morgan fingerprint density at radius 1 is 1.07 bits per heavy atom. The van der Waals surface area contributed by atoms with Gasteiger partial charge in [-0.2, -0.15) is 0 Å². The fraction of sp³-hybridized carbons (Fsp3) is 0.409. The van der Waals surface area contributed by atoms with Crippen molar-refractivity contribution in [2.45, 2.75) is 33.9 Å². The van der Waals surface area contributed by atoms with Gasteiger partial charge in [0, 0.05) is 37.8 Å². The molecule has 2 aromatic heterocycles. The molecule has 3 aromatic rings. The minimum absolute atomic E-state index is 0.0212. The summed E-state index contributed by atoms with van der Waals surface area (Å²) >= 11 is 0. The molecule has 1 aliphatic rings. The van der Waals surface area contributed by atoms with Crippen molar-refractivity contribution in [1.29, 1.82) is 0 Å². The molecule has 0 N–H and O–H groups in total. The Morgan fingerprint density at radius 2 is 1.87 bits per heavy atom. The average molecular weight is 410 g/mol. The van der Waals surface area contributed by atoms with E-state index in [-0.39, 0.29) is 5.91 Å². The monoisotopic (exact) mass is 410 g/mol. The molecule has 0 spiro atoms. The van der Waals surface area contributed by atoms with Crippen molar-refractivity contribution in [3.8, 4) is 5.75 Å². The number of carbonyl (C=O) groups is 1. The van der Waals surface area contributed by atoms with Crippen molar-refractivity contribution < 1.29 is 18.6 Å². The molecule has 0 aliphatic carbocycles. The summed E-state index contributed by atoms with van der Waals surface area (Å²) in [6.07, 6.45) is 0. The highest BCUT2D eigenvalue weighted by Gasteiger charge is 2.23. The number of carbonyl (C=O) groups excluding carboxylic acids is 1. The van der Waals surface area contributed by atoms with Crippen molar-refractivity contribution in [1.82, 2.24) is 20.1 Å². The summed E-state index contributed by atoms with van der Waals surface area (Å²) in [7, 11) is 0. The number of nitrogens with zero attached hydrogens (tertiary/aromatic N) is 4. The molecule has 1 aromatic carbocycles. The first-order valence-corrected chi connectivity index (χ1v) is 10.1. The van der Waals surface area contributed by atoms with E-state index in [9.17, 15) is 4.79 Å². The van der Waals surface area contributed by atoms with Crippen LogP contribution < -0.4 is 4.74 Å². The van der Waals surface area contributed by atoms with Crippen LogP contribution in [0.1, 0.15) is 38.8 Å². The lowest BCUT2D eigenvalue weighted by Crippen LogP contribution is -2.48. The number of hydrogen-bond donors (Lipinski definition) is 0. The molecule has 3 heterocycles. The summed E-state index contributed by atoms with van der Waals surface area (Å²) in [5.41, 5.74) is 3.27. The molecule has 0 atom stereocenters. The third kappa shape index (κ3) is 4.54. The first-order valence-electron chi connectivity index (χ1n) is 10.1. The maximum Gasteiger partial charge on any atom is 0.254 e. The van der Waals surface area contributed by atoms with E-state index in [1.54, 1.807) is 6.07 Å². The van der Waals surface area contributed by atoms with E-state index in [0.717, 1.165) is 41.6 Å². The Bertz CT molecular complexity index is 998. The van der Waals surface area contributed by atoms with Gasteiger partial charge in [0.25, 0.3) is 5.91 Å². The van der Waals surface area contributed by atoms with Crippen LogP contribution in [-0.2, 0) is 13.2 Å². The van der Waals surface area contributed by atoms with Crippen LogP contribution in [0, 0.1) is 20.8 Å². The van der Waals surface area contributed by atoms with Gasteiger partial charge >= 0.3 is 0 Å². The third-order valence-electron chi connectivity index (χ3n) is 5.36. The quantitative estimate of drug-likeness (QED) is 0.617. The van der Waals surface area contributed by atoms with Crippen LogP contribution in [0.15, 0.2) is 39.4 Å². The lowest BCUT2D eigenvalue weighted by Gasteiger charge is -2.34. The first-order chi connectivity index (χ1) is 14.5. The van der Waals surface area contributed by atoms with E-state index >= 15 is 0 Å². The Balaban J connectivity index is 1.33. The molecular formula is C22H26N4O4. The Morgan fingerprint density at radius 3 is 2.53 bits per heavy atom. The predicted octanol–water partition coefficient (Wildman–Crippen LogP) is 3.12. The van der Waals surface area contributed by atoms with Gasteiger partial charge in [-0.15, -0.1) is 0 Å². The Hall–Kier alpha value is -3.13. The second-order valence-electron chi connectivity index (χ2n) is 7.62. The van der Waals surface area contributed by atoms with Gasteiger partial charge in [-0.1, -0.05) is 16.4 Å². The molecule has 8 nitrogen and oxygen atoms in total. The van der Waals surface area contributed by atoms with Crippen molar-refractivity contribution in [3.63, 3.8) is 0 Å². The van der Waals surface area contributed by atoms with E-state index in [2.05, 4.69) is 15.2 Å². The average Bonchev–Trinajstić information content (AvgIpc) is 3.31. The highest BCUT2D eigenvalue weighted by atomic mass is 16.5. The Labute approximate surface area is 175 Å². The number of benzene rings is 1. The number of hydrogen-bond acceptors (Lipinski definition) is 7. The second-order valence-corrected chi connectivity index (χ2v) is 7.62. The number of piperazine rings is 1. The number of aromatic nitrogens is 2. The normalized spacial score (nSPS) is 14.8. The van der Waals surface area contributed by atoms with Crippen LogP contribution in [0.5, 0.6) is 5.75 Å². The van der Waals surface area contributed by atoms with Crippen LogP contribution in [-0.4, -0.2) is 52.2 Å². The molecule has 8 heteroatoms. The molecule has 0 radical (unpaired) electrons. The topological polar surface area (TPSA) is 84.8 Å². The molecule has 1 fully saturated rings. The molecule has 0 saturated carbocycles. The van der Waals surface area contributed by atoms with Gasteiger partial charge in [-0.3, -0.25) is 9.69 Å². The summed E-state index contributed by atoms with van der Waals surface area (Å²) in [4.78, 5) is 17.1. The molecule has 1 aliphatic heterocycles. The van der Waals surface area contributed by atoms with Crippen molar-refractivity contribution in [2.75, 3.05) is 26.2 Å². The lowest BCUT2D eigenvalue weighted by molar-refractivity contribution is 0.0617. The van der Waals surface area contributed by atoms with Crippen molar-refractivity contribution in [3.05, 3.63) is 64.4 Å². The van der Waals surface area contributed by atoms with Crippen molar-refractivity contribution in [2.24, 2.45) is 0 Å². The minimum atomic E-state index is 0.0212. The largest absolute Gasteiger partial charge is 0.489 e. The van der Waals surface area contributed by atoms with E-state index in [1.807, 2.05) is 49.9 Å². The fourth-order valence-electron chi connectivity index (χ4n) is 3.59. The molecule has 4 rings (SSSR count). The number of amides is 1. The molecule has 0 bridgehead atoms. The smallest absolute Gasteiger partial charge is 0.254 e.